The fraction of sp³-hybridized carbons (Fsp3) is 0.0909. The van der Waals surface area contributed by atoms with Crippen LogP contribution in [-0.4, -0.2) is 25.5 Å². The summed E-state index contributed by atoms with van der Waals surface area (Å²) in [5.41, 5.74) is 4.99. The lowest BCUT2D eigenvalue weighted by Crippen LogP contribution is -2.34. The molecule has 0 unspecified atom stereocenters. The number of rotatable bonds is 4. The molecule has 0 saturated carbocycles. The van der Waals surface area contributed by atoms with Crippen molar-refractivity contribution in [1.29, 1.82) is 0 Å². The minimum absolute atomic E-state index is 0.502. The van der Waals surface area contributed by atoms with Gasteiger partial charge in [-0.2, -0.15) is 0 Å². The number of carbonyl (C=O) groups is 2. The minimum atomic E-state index is -0.510. The van der Waals surface area contributed by atoms with Crippen molar-refractivity contribution in [2.75, 3.05) is 33.9 Å². The summed E-state index contributed by atoms with van der Waals surface area (Å²) in [5.74, 6) is 0. The number of imide groups is 1. The molecule has 0 fully saturated rings. The van der Waals surface area contributed by atoms with Gasteiger partial charge in [0.15, 0.2) is 0 Å². The van der Waals surface area contributed by atoms with Gasteiger partial charge in [0.25, 0.3) is 0 Å². The average Bonchev–Trinajstić information content (AvgIpc) is 2.75. The topological polar surface area (TPSA) is 73.5 Å². The average molecular weight is 372 g/mol. The Balaban J connectivity index is 1.55. The van der Waals surface area contributed by atoms with Gasteiger partial charge in [0, 0.05) is 18.8 Å². The van der Waals surface area contributed by atoms with E-state index in [0.717, 1.165) is 40.5 Å². The summed E-state index contributed by atoms with van der Waals surface area (Å²) < 4.78 is 0. The van der Waals surface area contributed by atoms with E-state index in [1.807, 2.05) is 54.6 Å². The number of benzene rings is 3. The summed E-state index contributed by atoms with van der Waals surface area (Å²) in [7, 11) is 0. The molecular formula is C22H20N4O2. The second kappa shape index (κ2) is 7.84. The van der Waals surface area contributed by atoms with Crippen LogP contribution >= 0.6 is 0 Å². The Morgan fingerprint density at radius 2 is 1.61 bits per heavy atom. The molecule has 3 amide bonds. The number of carbonyl (C=O) groups excluding carboxylic acids is 2. The van der Waals surface area contributed by atoms with Gasteiger partial charge in [-0.3, -0.25) is 4.79 Å². The Morgan fingerprint density at radius 3 is 2.39 bits per heavy atom. The highest BCUT2D eigenvalue weighted by Gasteiger charge is 2.18. The van der Waals surface area contributed by atoms with Gasteiger partial charge in [-0.05, 0) is 41.5 Å². The van der Waals surface area contributed by atoms with Crippen LogP contribution in [0, 0.1) is 0 Å². The number of fused-ring (bicyclic) bond motifs is 1. The van der Waals surface area contributed by atoms with E-state index in [0.29, 0.717) is 17.8 Å². The van der Waals surface area contributed by atoms with Gasteiger partial charge in [-0.25, -0.2) is 9.69 Å². The van der Waals surface area contributed by atoms with Gasteiger partial charge in [0.1, 0.15) is 0 Å². The summed E-state index contributed by atoms with van der Waals surface area (Å²) in [4.78, 5) is 25.4. The van der Waals surface area contributed by atoms with Crippen LogP contribution in [0.4, 0.5) is 27.5 Å². The van der Waals surface area contributed by atoms with E-state index in [1.165, 1.54) is 0 Å². The Hall–Kier alpha value is -3.80. The molecule has 1 heterocycles. The number of nitrogens with zero attached hydrogens (tertiary/aromatic N) is 1. The molecule has 0 radical (unpaired) electrons. The zero-order valence-corrected chi connectivity index (χ0v) is 15.2. The van der Waals surface area contributed by atoms with E-state index in [2.05, 4.69) is 16.0 Å². The lowest BCUT2D eigenvalue weighted by Gasteiger charge is -2.23. The molecule has 0 bridgehead atoms. The first-order valence-electron chi connectivity index (χ1n) is 9.07. The van der Waals surface area contributed by atoms with Crippen molar-refractivity contribution in [2.24, 2.45) is 0 Å². The number of anilines is 4. The quantitative estimate of drug-likeness (QED) is 0.594. The molecule has 0 saturated heterocycles. The van der Waals surface area contributed by atoms with Crippen LogP contribution in [0.1, 0.15) is 0 Å². The first-order valence-corrected chi connectivity index (χ1v) is 9.07. The summed E-state index contributed by atoms with van der Waals surface area (Å²) in [5, 5.41) is 9.33. The SMILES string of the molecule is O=CN(C(=O)Nc1cccc(-c2ccccc2)c1)c1ccc2c(c1)NCCN2. The summed E-state index contributed by atoms with van der Waals surface area (Å²) in [6.45, 7) is 1.62. The van der Waals surface area contributed by atoms with Crippen LogP contribution in [0.2, 0.25) is 0 Å². The maximum atomic E-state index is 12.7. The first kappa shape index (κ1) is 17.6. The molecule has 28 heavy (non-hydrogen) atoms. The van der Waals surface area contributed by atoms with Gasteiger partial charge in [-0.1, -0.05) is 42.5 Å². The van der Waals surface area contributed by atoms with E-state index >= 15 is 0 Å². The Bertz CT molecular complexity index is 1000. The van der Waals surface area contributed by atoms with Gasteiger partial charge in [0.05, 0.1) is 17.1 Å². The number of hydrogen-bond donors (Lipinski definition) is 3. The van der Waals surface area contributed by atoms with Crippen LogP contribution in [0.3, 0.4) is 0 Å². The van der Waals surface area contributed by atoms with Crippen LogP contribution in [0.25, 0.3) is 11.1 Å². The molecular weight excluding hydrogens is 352 g/mol. The Morgan fingerprint density at radius 1 is 0.857 bits per heavy atom. The highest BCUT2D eigenvalue weighted by molar-refractivity contribution is 6.12. The van der Waals surface area contributed by atoms with Crippen molar-refractivity contribution in [3.63, 3.8) is 0 Å². The number of urea groups is 1. The van der Waals surface area contributed by atoms with Crippen LogP contribution in [0.5, 0.6) is 0 Å². The zero-order valence-electron chi connectivity index (χ0n) is 15.2. The van der Waals surface area contributed by atoms with Crippen molar-refractivity contribution >= 4 is 35.2 Å². The van der Waals surface area contributed by atoms with Gasteiger partial charge in [-0.15, -0.1) is 0 Å². The van der Waals surface area contributed by atoms with Crippen molar-refractivity contribution in [2.45, 2.75) is 0 Å². The lowest BCUT2D eigenvalue weighted by molar-refractivity contribution is -0.106. The minimum Gasteiger partial charge on any atom is -0.382 e. The molecule has 0 aromatic heterocycles. The Kier molecular flexibility index (Phi) is 4.93. The van der Waals surface area contributed by atoms with E-state index in [4.69, 9.17) is 0 Å². The molecule has 4 rings (SSSR count). The zero-order chi connectivity index (χ0) is 19.3. The highest BCUT2D eigenvalue weighted by atomic mass is 16.2. The van der Waals surface area contributed by atoms with Crippen LogP contribution < -0.4 is 20.9 Å². The number of nitrogens with one attached hydrogen (secondary N) is 3. The number of hydrogen-bond acceptors (Lipinski definition) is 4. The van der Waals surface area contributed by atoms with Crippen molar-refractivity contribution in [1.82, 2.24) is 0 Å². The lowest BCUT2D eigenvalue weighted by atomic mass is 10.1. The fourth-order valence-electron chi connectivity index (χ4n) is 3.19. The summed E-state index contributed by atoms with van der Waals surface area (Å²) in [6, 6.07) is 22.3. The first-order chi connectivity index (χ1) is 13.7. The van der Waals surface area contributed by atoms with Crippen molar-refractivity contribution in [3.8, 4) is 11.1 Å². The van der Waals surface area contributed by atoms with E-state index in [-0.39, 0.29) is 0 Å². The van der Waals surface area contributed by atoms with E-state index in [9.17, 15) is 9.59 Å². The molecule has 3 aromatic rings. The Labute approximate surface area is 163 Å². The second-order valence-corrected chi connectivity index (χ2v) is 6.44. The van der Waals surface area contributed by atoms with E-state index < -0.39 is 6.03 Å². The predicted octanol–water partition coefficient (Wildman–Crippen LogP) is 4.39. The molecule has 0 spiro atoms. The second-order valence-electron chi connectivity index (χ2n) is 6.44. The third-order valence-corrected chi connectivity index (χ3v) is 4.58. The molecule has 6 heteroatoms. The molecule has 0 aliphatic carbocycles. The standard InChI is InChI=1S/C22H20N4O2/c27-15-26(19-9-10-20-21(14-19)24-12-11-23-20)22(28)25-18-8-4-7-17(13-18)16-5-2-1-3-6-16/h1-10,13-15,23-24H,11-12H2,(H,25,28). The van der Waals surface area contributed by atoms with Crippen molar-refractivity contribution in [3.05, 3.63) is 72.8 Å². The molecule has 1 aliphatic heterocycles. The third kappa shape index (κ3) is 3.66. The monoisotopic (exact) mass is 372 g/mol. The largest absolute Gasteiger partial charge is 0.382 e. The highest BCUT2D eigenvalue weighted by Crippen LogP contribution is 2.29. The number of amides is 3. The molecule has 0 atom stereocenters. The van der Waals surface area contributed by atoms with Crippen LogP contribution in [0.15, 0.2) is 72.8 Å². The maximum Gasteiger partial charge on any atom is 0.332 e. The normalized spacial score (nSPS) is 12.1. The van der Waals surface area contributed by atoms with Crippen molar-refractivity contribution < 1.29 is 9.59 Å². The molecule has 140 valence electrons. The fourth-order valence-corrected chi connectivity index (χ4v) is 3.19. The van der Waals surface area contributed by atoms with Gasteiger partial charge >= 0.3 is 6.03 Å². The van der Waals surface area contributed by atoms with Gasteiger partial charge < -0.3 is 16.0 Å². The molecule has 3 aromatic carbocycles. The molecule has 1 aliphatic rings. The van der Waals surface area contributed by atoms with Crippen LogP contribution in [-0.2, 0) is 4.79 Å². The van der Waals surface area contributed by atoms with Gasteiger partial charge in [0.2, 0.25) is 6.41 Å². The van der Waals surface area contributed by atoms with E-state index in [1.54, 1.807) is 18.2 Å². The smallest absolute Gasteiger partial charge is 0.332 e. The maximum absolute atomic E-state index is 12.7. The predicted molar refractivity (Wildman–Crippen MR) is 113 cm³/mol. The summed E-state index contributed by atoms with van der Waals surface area (Å²) >= 11 is 0. The third-order valence-electron chi connectivity index (χ3n) is 4.58. The summed E-state index contributed by atoms with van der Waals surface area (Å²) in [6.07, 6.45) is 0.522. The molecule has 3 N–H and O–H groups in total. The molecule has 6 nitrogen and oxygen atoms in total.